The van der Waals surface area contributed by atoms with Gasteiger partial charge in [0.15, 0.2) is 0 Å². The van der Waals surface area contributed by atoms with Gasteiger partial charge in [0, 0.05) is 5.56 Å². The van der Waals surface area contributed by atoms with E-state index in [9.17, 15) is 9.90 Å². The van der Waals surface area contributed by atoms with Crippen LogP contribution in [0.1, 0.15) is 17.3 Å². The molecular formula is C9H13Cl5N2O3. The molecule has 0 saturated heterocycles. The molecule has 0 amide bonds. The van der Waals surface area contributed by atoms with E-state index in [0.29, 0.717) is 0 Å². The van der Waals surface area contributed by atoms with Crippen LogP contribution in [-0.4, -0.2) is 12.6 Å². The topological polar surface area (TPSA) is 136 Å². The summed E-state index contributed by atoms with van der Waals surface area (Å²) in [5.41, 5.74) is -0.465. The molecule has 0 spiro atoms. The molecule has 10 heteroatoms. The maximum Gasteiger partial charge on any atom is 0.0809 e. The molecule has 0 aliphatic carbocycles. The fourth-order valence-electron chi connectivity index (χ4n) is 0.784. The van der Waals surface area contributed by atoms with Crippen molar-refractivity contribution in [3.63, 3.8) is 0 Å². The molecular weight excluding hydrogens is 361 g/mol. The van der Waals surface area contributed by atoms with E-state index in [1.807, 2.05) is 0 Å². The van der Waals surface area contributed by atoms with Gasteiger partial charge in [0.2, 0.25) is 0 Å². The fraction of sp³-hybridized carbons (Fsp3) is 0.222. The third-order valence-corrected chi connectivity index (χ3v) is 3.69. The molecule has 1 aromatic rings. The van der Waals surface area contributed by atoms with E-state index in [0.717, 1.165) is 0 Å². The lowest BCUT2D eigenvalue weighted by molar-refractivity contribution is -0.361. The minimum absolute atomic E-state index is 0. The summed E-state index contributed by atoms with van der Waals surface area (Å²) in [4.78, 5) is 10.6. The molecule has 0 radical (unpaired) electrons. The maximum atomic E-state index is 10.6. The molecule has 0 aliphatic heterocycles. The summed E-state index contributed by atoms with van der Waals surface area (Å²) in [5, 5.41) is 18.6. The van der Waals surface area contributed by atoms with Gasteiger partial charge in [0.25, 0.3) is 0 Å². The SMILES string of the molecule is CC[O-].O=C([O-])c1c(Cl)c(Cl)c(Cl)c(Cl)c1Cl.[NH4+].[NH4+]. The highest BCUT2D eigenvalue weighted by Crippen LogP contribution is 2.43. The van der Waals surface area contributed by atoms with Crippen molar-refractivity contribution < 1.29 is 15.0 Å². The Labute approximate surface area is 135 Å². The first-order valence-electron chi connectivity index (χ1n) is 4.10. The van der Waals surface area contributed by atoms with Gasteiger partial charge in [0.05, 0.1) is 31.1 Å². The van der Waals surface area contributed by atoms with Gasteiger partial charge >= 0.3 is 0 Å². The number of carboxylic acids is 1. The summed E-state index contributed by atoms with van der Waals surface area (Å²) < 4.78 is 0. The third kappa shape index (κ3) is 5.89. The summed E-state index contributed by atoms with van der Waals surface area (Å²) in [6.45, 7) is 1.57. The molecule has 8 N–H and O–H groups in total. The molecule has 1 aromatic carbocycles. The van der Waals surface area contributed by atoms with Gasteiger partial charge in [-0.05, 0) is 0 Å². The summed E-state index contributed by atoms with van der Waals surface area (Å²) in [6.07, 6.45) is 0. The average molecular weight is 374 g/mol. The van der Waals surface area contributed by atoms with Crippen molar-refractivity contribution in [2.24, 2.45) is 0 Å². The Morgan fingerprint density at radius 2 is 1.11 bits per heavy atom. The molecule has 0 atom stereocenters. The Morgan fingerprint density at radius 1 is 0.895 bits per heavy atom. The van der Waals surface area contributed by atoms with Crippen molar-refractivity contribution in [2.45, 2.75) is 6.92 Å². The largest absolute Gasteiger partial charge is 0.855 e. The second-order valence-electron chi connectivity index (χ2n) is 2.52. The van der Waals surface area contributed by atoms with E-state index in [-0.39, 0.29) is 44.0 Å². The zero-order valence-corrected chi connectivity index (χ0v) is 14.1. The van der Waals surface area contributed by atoms with Crippen LogP contribution in [0, 0.1) is 0 Å². The van der Waals surface area contributed by atoms with Crippen molar-refractivity contribution in [1.29, 1.82) is 0 Å². The summed E-state index contributed by atoms with van der Waals surface area (Å²) in [6, 6.07) is 0. The smallest absolute Gasteiger partial charge is 0.0809 e. The van der Waals surface area contributed by atoms with Crippen LogP contribution >= 0.6 is 58.0 Å². The molecule has 0 fully saturated rings. The molecule has 0 aromatic heterocycles. The molecule has 0 bridgehead atoms. The van der Waals surface area contributed by atoms with Gasteiger partial charge < -0.3 is 27.3 Å². The molecule has 0 unspecified atom stereocenters. The summed E-state index contributed by atoms with van der Waals surface area (Å²) in [5.74, 6) is -1.57. The van der Waals surface area contributed by atoms with Gasteiger partial charge in [-0.1, -0.05) is 64.9 Å². The molecule has 0 saturated carbocycles. The van der Waals surface area contributed by atoms with Crippen LogP contribution in [0.5, 0.6) is 0 Å². The van der Waals surface area contributed by atoms with Crippen molar-refractivity contribution in [3.8, 4) is 0 Å². The number of aromatic carboxylic acids is 1. The van der Waals surface area contributed by atoms with Gasteiger partial charge in [0.1, 0.15) is 0 Å². The Bertz CT molecular complexity index is 413. The van der Waals surface area contributed by atoms with Crippen LogP contribution in [0.2, 0.25) is 25.1 Å². The summed E-state index contributed by atoms with van der Waals surface area (Å²) >= 11 is 28.0. The minimum Gasteiger partial charge on any atom is -0.855 e. The number of hydrogen-bond donors (Lipinski definition) is 2. The zero-order chi connectivity index (χ0) is 13.7. The number of carbonyl (C=O) groups excluding carboxylic acids is 1. The number of rotatable bonds is 1. The van der Waals surface area contributed by atoms with E-state index in [4.69, 9.17) is 63.1 Å². The number of carbonyl (C=O) groups is 1. The lowest BCUT2D eigenvalue weighted by atomic mass is 10.2. The van der Waals surface area contributed by atoms with Gasteiger partial charge in [-0.3, -0.25) is 0 Å². The highest BCUT2D eigenvalue weighted by atomic mass is 35.5. The molecule has 112 valence electrons. The second kappa shape index (κ2) is 10.8. The Morgan fingerprint density at radius 3 is 1.32 bits per heavy atom. The number of halogens is 5. The quantitative estimate of drug-likeness (QED) is 0.575. The number of benzene rings is 1. The van der Waals surface area contributed by atoms with Crippen molar-refractivity contribution in [1.82, 2.24) is 12.3 Å². The highest BCUT2D eigenvalue weighted by molar-refractivity contribution is 6.56. The lowest BCUT2D eigenvalue weighted by Gasteiger charge is -2.12. The van der Waals surface area contributed by atoms with Crippen molar-refractivity contribution >= 4 is 64.0 Å². The first-order chi connectivity index (χ1) is 7.79. The van der Waals surface area contributed by atoms with Crippen molar-refractivity contribution in [3.05, 3.63) is 30.7 Å². The van der Waals surface area contributed by atoms with E-state index >= 15 is 0 Å². The second-order valence-corrected chi connectivity index (χ2v) is 4.41. The van der Waals surface area contributed by atoms with Crippen LogP contribution in [0.15, 0.2) is 0 Å². The standard InChI is InChI=1S/C7HCl5O2.C2H5O.2H3N/c8-2-1(7(13)14)3(9)5(11)6(12)4(2)10;1-2-3;;/h(H,13,14);2H2,1H3;2*1H3/q;-1;;/p+1. The molecule has 19 heavy (non-hydrogen) atoms. The normalized spacial score (nSPS) is 8.58. The predicted molar refractivity (Wildman–Crippen MR) is 78.3 cm³/mol. The van der Waals surface area contributed by atoms with E-state index < -0.39 is 11.5 Å². The Kier molecular flexibility index (Phi) is 13.6. The Balaban J connectivity index is -0.000000468. The average Bonchev–Trinajstić information content (AvgIpc) is 2.24. The van der Waals surface area contributed by atoms with Crippen LogP contribution in [-0.2, 0) is 0 Å². The molecule has 0 aliphatic rings. The zero-order valence-electron chi connectivity index (χ0n) is 10.3. The predicted octanol–water partition coefficient (Wildman–Crippen LogP) is 3.44. The first-order valence-corrected chi connectivity index (χ1v) is 5.99. The lowest BCUT2D eigenvalue weighted by Crippen LogP contribution is -2.23. The van der Waals surface area contributed by atoms with Gasteiger partial charge in [-0.15, -0.1) is 6.61 Å². The van der Waals surface area contributed by atoms with E-state index in [1.54, 1.807) is 6.92 Å². The minimum atomic E-state index is -1.57. The fourth-order valence-corrected chi connectivity index (χ4v) is 2.08. The van der Waals surface area contributed by atoms with E-state index in [2.05, 4.69) is 0 Å². The molecule has 0 heterocycles. The third-order valence-electron chi connectivity index (χ3n) is 1.41. The van der Waals surface area contributed by atoms with Crippen LogP contribution in [0.3, 0.4) is 0 Å². The number of quaternary nitrogens is 2. The first kappa shape index (κ1) is 24.1. The molecule has 1 rings (SSSR count). The highest BCUT2D eigenvalue weighted by Gasteiger charge is 2.19. The van der Waals surface area contributed by atoms with Crippen molar-refractivity contribution in [2.75, 3.05) is 6.61 Å². The maximum absolute atomic E-state index is 10.6. The van der Waals surface area contributed by atoms with Gasteiger partial charge in [-0.25, -0.2) is 0 Å². The van der Waals surface area contributed by atoms with Crippen LogP contribution in [0.25, 0.3) is 0 Å². The molecule has 5 nitrogen and oxygen atoms in total. The van der Waals surface area contributed by atoms with E-state index in [1.165, 1.54) is 0 Å². The monoisotopic (exact) mass is 372 g/mol. The Hall–Kier alpha value is 0.0200. The number of carboxylic acid groups (broad SMARTS) is 1. The van der Waals surface area contributed by atoms with Gasteiger partial charge in [-0.2, -0.15) is 0 Å². The summed E-state index contributed by atoms with van der Waals surface area (Å²) in [7, 11) is 0. The number of hydrogen-bond acceptors (Lipinski definition) is 3. The van der Waals surface area contributed by atoms with Crippen LogP contribution in [0.4, 0.5) is 0 Å². The van der Waals surface area contributed by atoms with Crippen LogP contribution < -0.4 is 22.5 Å².